The molecule has 2 rings (SSSR count). The number of primary amides is 1. The Morgan fingerprint density at radius 3 is 2.44 bits per heavy atom. The molecule has 1 aromatic rings. The maximum atomic E-state index is 12.8. The van der Waals surface area contributed by atoms with Gasteiger partial charge in [0.25, 0.3) is 0 Å². The van der Waals surface area contributed by atoms with Crippen LogP contribution in [0.1, 0.15) is 24.2 Å². The standard InChI is InChI=1S/C16H23N3O5S/c1-3-24-16(21)13-5-4-6-14(11-13)25(22,23)19-9-7-18(8-10-19)12(2)15(17)20/h4-6,11-12H,3,7-10H2,1-2H3,(H2,17,20). The molecular formula is C16H23N3O5S. The second-order valence-electron chi connectivity index (χ2n) is 5.77. The summed E-state index contributed by atoms with van der Waals surface area (Å²) in [5.41, 5.74) is 5.49. The van der Waals surface area contributed by atoms with E-state index in [0.717, 1.165) is 0 Å². The first-order chi connectivity index (χ1) is 11.8. The number of nitrogens with two attached hydrogens (primary N) is 1. The predicted molar refractivity (Wildman–Crippen MR) is 91.4 cm³/mol. The number of esters is 1. The van der Waals surface area contributed by atoms with Gasteiger partial charge in [-0.2, -0.15) is 4.31 Å². The molecule has 1 aliphatic rings. The molecule has 1 aromatic carbocycles. The van der Waals surface area contributed by atoms with Crippen LogP contribution in [0.25, 0.3) is 0 Å². The van der Waals surface area contributed by atoms with E-state index in [1.165, 1.54) is 28.6 Å². The van der Waals surface area contributed by atoms with Gasteiger partial charge >= 0.3 is 5.97 Å². The molecule has 0 aromatic heterocycles. The highest BCUT2D eigenvalue weighted by Crippen LogP contribution is 2.20. The smallest absolute Gasteiger partial charge is 0.338 e. The number of nitrogens with zero attached hydrogens (tertiary/aromatic N) is 2. The maximum Gasteiger partial charge on any atom is 0.338 e. The number of ether oxygens (including phenoxy) is 1. The third kappa shape index (κ3) is 4.36. The maximum absolute atomic E-state index is 12.8. The van der Waals surface area contributed by atoms with E-state index in [1.807, 2.05) is 4.90 Å². The molecule has 0 aliphatic carbocycles. The van der Waals surface area contributed by atoms with E-state index in [4.69, 9.17) is 10.5 Å². The molecule has 0 saturated carbocycles. The molecule has 25 heavy (non-hydrogen) atoms. The Morgan fingerprint density at radius 1 is 1.24 bits per heavy atom. The molecule has 1 heterocycles. The van der Waals surface area contributed by atoms with Gasteiger partial charge in [0.1, 0.15) is 0 Å². The highest BCUT2D eigenvalue weighted by molar-refractivity contribution is 7.89. The van der Waals surface area contributed by atoms with Crippen LogP contribution in [-0.2, 0) is 19.6 Å². The number of rotatable bonds is 6. The molecule has 1 aliphatic heterocycles. The first-order valence-electron chi connectivity index (χ1n) is 8.08. The monoisotopic (exact) mass is 369 g/mol. The SMILES string of the molecule is CCOC(=O)c1cccc(S(=O)(=O)N2CCN(C(C)C(N)=O)CC2)c1. The van der Waals surface area contributed by atoms with Crippen molar-refractivity contribution in [3.63, 3.8) is 0 Å². The Kier molecular flexibility index (Phi) is 6.15. The van der Waals surface area contributed by atoms with E-state index in [2.05, 4.69) is 0 Å². The zero-order valence-electron chi connectivity index (χ0n) is 14.3. The van der Waals surface area contributed by atoms with Crippen molar-refractivity contribution in [3.8, 4) is 0 Å². The molecule has 1 atom stereocenters. The summed E-state index contributed by atoms with van der Waals surface area (Å²) in [6.45, 7) is 4.95. The first-order valence-corrected chi connectivity index (χ1v) is 9.52. The lowest BCUT2D eigenvalue weighted by molar-refractivity contribution is -0.123. The molecule has 0 spiro atoms. The van der Waals surface area contributed by atoms with Gasteiger partial charge in [-0.25, -0.2) is 13.2 Å². The summed E-state index contributed by atoms with van der Waals surface area (Å²) in [6, 6.07) is 5.38. The van der Waals surface area contributed by atoms with Crippen LogP contribution in [0.3, 0.4) is 0 Å². The number of piperazine rings is 1. The highest BCUT2D eigenvalue weighted by atomic mass is 32.2. The van der Waals surface area contributed by atoms with Crippen LogP contribution in [-0.4, -0.2) is 68.3 Å². The molecule has 1 saturated heterocycles. The second-order valence-corrected chi connectivity index (χ2v) is 7.70. The zero-order chi connectivity index (χ0) is 18.6. The number of amides is 1. The summed E-state index contributed by atoms with van der Waals surface area (Å²) >= 11 is 0. The Hall–Kier alpha value is -1.97. The van der Waals surface area contributed by atoms with Gasteiger partial charge in [0, 0.05) is 26.2 Å². The number of carbonyl (C=O) groups excluding carboxylic acids is 2. The van der Waals surface area contributed by atoms with Gasteiger partial charge in [0.2, 0.25) is 15.9 Å². The van der Waals surface area contributed by atoms with Crippen molar-refractivity contribution >= 4 is 21.9 Å². The molecule has 8 nitrogen and oxygen atoms in total. The fourth-order valence-electron chi connectivity index (χ4n) is 2.66. The minimum Gasteiger partial charge on any atom is -0.462 e. The third-order valence-corrected chi connectivity index (χ3v) is 6.11. The van der Waals surface area contributed by atoms with E-state index in [0.29, 0.717) is 13.1 Å². The molecule has 1 fully saturated rings. The van der Waals surface area contributed by atoms with E-state index in [1.54, 1.807) is 13.8 Å². The van der Waals surface area contributed by atoms with Crippen LogP contribution in [0, 0.1) is 0 Å². The summed E-state index contributed by atoms with van der Waals surface area (Å²) in [7, 11) is -3.72. The Bertz CT molecular complexity index is 742. The van der Waals surface area contributed by atoms with E-state index in [9.17, 15) is 18.0 Å². The average Bonchev–Trinajstić information content (AvgIpc) is 2.61. The fourth-order valence-corrected chi connectivity index (χ4v) is 4.13. The van der Waals surface area contributed by atoms with E-state index in [-0.39, 0.29) is 30.2 Å². The quantitative estimate of drug-likeness (QED) is 0.709. The summed E-state index contributed by atoms with van der Waals surface area (Å²) in [4.78, 5) is 25.0. The summed E-state index contributed by atoms with van der Waals surface area (Å²) < 4.78 is 31.8. The first kappa shape index (κ1) is 19.4. The van der Waals surface area contributed by atoms with Crippen molar-refractivity contribution in [2.24, 2.45) is 5.73 Å². The largest absolute Gasteiger partial charge is 0.462 e. The third-order valence-electron chi connectivity index (χ3n) is 4.22. The van der Waals surface area contributed by atoms with E-state index < -0.39 is 27.9 Å². The van der Waals surface area contributed by atoms with Gasteiger partial charge < -0.3 is 10.5 Å². The van der Waals surface area contributed by atoms with Gasteiger partial charge in [-0.05, 0) is 32.0 Å². The van der Waals surface area contributed by atoms with Crippen molar-refractivity contribution < 1.29 is 22.7 Å². The predicted octanol–water partition coefficient (Wildman–Crippen LogP) is 0.0434. The minimum atomic E-state index is -3.72. The topological polar surface area (TPSA) is 110 Å². The number of hydrogen-bond donors (Lipinski definition) is 1. The minimum absolute atomic E-state index is 0.0504. The van der Waals surface area contributed by atoms with Crippen LogP contribution in [0.4, 0.5) is 0 Å². The molecule has 0 radical (unpaired) electrons. The van der Waals surface area contributed by atoms with Gasteiger partial charge in [-0.3, -0.25) is 9.69 Å². The Morgan fingerprint density at radius 2 is 1.88 bits per heavy atom. The van der Waals surface area contributed by atoms with Crippen LogP contribution in [0.15, 0.2) is 29.2 Å². The van der Waals surface area contributed by atoms with Crippen molar-refractivity contribution in [2.75, 3.05) is 32.8 Å². The Labute approximate surface area is 147 Å². The molecule has 9 heteroatoms. The van der Waals surface area contributed by atoms with Crippen LogP contribution in [0.5, 0.6) is 0 Å². The fraction of sp³-hybridized carbons (Fsp3) is 0.500. The molecule has 0 bridgehead atoms. The number of hydrogen-bond acceptors (Lipinski definition) is 6. The lowest BCUT2D eigenvalue weighted by atomic mass is 10.2. The molecule has 2 N–H and O–H groups in total. The molecular weight excluding hydrogens is 346 g/mol. The van der Waals surface area contributed by atoms with Crippen LogP contribution < -0.4 is 5.73 Å². The van der Waals surface area contributed by atoms with Gasteiger partial charge in [0.15, 0.2) is 0 Å². The zero-order valence-corrected chi connectivity index (χ0v) is 15.2. The van der Waals surface area contributed by atoms with Crippen LogP contribution in [0.2, 0.25) is 0 Å². The van der Waals surface area contributed by atoms with Crippen molar-refractivity contribution in [3.05, 3.63) is 29.8 Å². The van der Waals surface area contributed by atoms with Crippen molar-refractivity contribution in [2.45, 2.75) is 24.8 Å². The normalized spacial score (nSPS) is 17.8. The molecule has 1 unspecified atom stereocenters. The number of carbonyl (C=O) groups is 2. The lowest BCUT2D eigenvalue weighted by Gasteiger charge is -2.36. The summed E-state index contributed by atoms with van der Waals surface area (Å²) in [5, 5.41) is 0. The average molecular weight is 369 g/mol. The lowest BCUT2D eigenvalue weighted by Crippen LogP contribution is -2.54. The van der Waals surface area contributed by atoms with Crippen molar-refractivity contribution in [1.29, 1.82) is 0 Å². The number of benzene rings is 1. The molecule has 1 amide bonds. The Balaban J connectivity index is 2.14. The van der Waals surface area contributed by atoms with Gasteiger partial charge in [0.05, 0.1) is 23.1 Å². The van der Waals surface area contributed by atoms with Crippen LogP contribution >= 0.6 is 0 Å². The summed E-state index contributed by atoms with van der Waals surface area (Å²) in [5.74, 6) is -0.988. The van der Waals surface area contributed by atoms with Gasteiger partial charge in [-0.1, -0.05) is 6.07 Å². The number of sulfonamides is 1. The van der Waals surface area contributed by atoms with Crippen molar-refractivity contribution in [1.82, 2.24) is 9.21 Å². The highest BCUT2D eigenvalue weighted by Gasteiger charge is 2.31. The van der Waals surface area contributed by atoms with Gasteiger partial charge in [-0.15, -0.1) is 0 Å². The van der Waals surface area contributed by atoms with E-state index >= 15 is 0 Å². The molecule has 138 valence electrons. The second kappa shape index (κ2) is 7.94. The summed E-state index contributed by atoms with van der Waals surface area (Å²) in [6.07, 6.45) is 0.